The number of hydrogen-bond acceptors (Lipinski definition) is 4. The van der Waals surface area contributed by atoms with Crippen molar-refractivity contribution in [1.82, 2.24) is 14.3 Å². The third-order valence-corrected chi connectivity index (χ3v) is 6.71. The summed E-state index contributed by atoms with van der Waals surface area (Å²) in [7, 11) is -3.42. The highest BCUT2D eigenvalue weighted by Gasteiger charge is 2.33. The maximum atomic E-state index is 12.7. The first kappa shape index (κ1) is 19.9. The molecular weight excluding hydrogens is 408 g/mol. The fourth-order valence-electron chi connectivity index (χ4n) is 3.89. The Morgan fingerprint density at radius 1 is 1.21 bits per heavy atom. The van der Waals surface area contributed by atoms with Crippen LogP contribution in [0.25, 0.3) is 0 Å². The van der Waals surface area contributed by atoms with Crippen molar-refractivity contribution in [3.05, 3.63) is 82.9 Å². The molecule has 0 bridgehead atoms. The van der Waals surface area contributed by atoms with E-state index >= 15 is 0 Å². The minimum absolute atomic E-state index is 0.211. The van der Waals surface area contributed by atoms with E-state index in [9.17, 15) is 8.42 Å². The van der Waals surface area contributed by atoms with E-state index in [4.69, 9.17) is 11.6 Å². The van der Waals surface area contributed by atoms with Crippen molar-refractivity contribution < 1.29 is 8.42 Å². The highest BCUT2D eigenvalue weighted by atomic mass is 35.5. The van der Waals surface area contributed by atoms with Gasteiger partial charge >= 0.3 is 0 Å². The molecule has 0 fully saturated rings. The SMILES string of the molecule is CS(=O)(=O)N1Cc2cc(Cl)ccc2N(Cc2c[nH]cn2)CC1Cc1ccccc1. The average molecular weight is 431 g/mol. The second kappa shape index (κ2) is 8.18. The highest BCUT2D eigenvalue weighted by molar-refractivity contribution is 7.88. The van der Waals surface area contributed by atoms with Gasteiger partial charge in [0.15, 0.2) is 0 Å². The van der Waals surface area contributed by atoms with Gasteiger partial charge in [-0.15, -0.1) is 0 Å². The Labute approximate surface area is 176 Å². The number of sulfonamides is 1. The zero-order valence-electron chi connectivity index (χ0n) is 16.1. The van der Waals surface area contributed by atoms with Crippen LogP contribution < -0.4 is 4.90 Å². The van der Waals surface area contributed by atoms with E-state index in [0.717, 1.165) is 22.5 Å². The van der Waals surface area contributed by atoms with Crippen LogP contribution in [0.15, 0.2) is 61.1 Å². The van der Waals surface area contributed by atoms with Crippen LogP contribution in [0.4, 0.5) is 5.69 Å². The topological polar surface area (TPSA) is 69.3 Å². The molecule has 0 spiro atoms. The van der Waals surface area contributed by atoms with E-state index in [1.54, 1.807) is 10.6 Å². The smallest absolute Gasteiger partial charge is 0.211 e. The number of anilines is 1. The molecule has 1 aliphatic heterocycles. The van der Waals surface area contributed by atoms with Crippen LogP contribution >= 0.6 is 11.6 Å². The summed E-state index contributed by atoms with van der Waals surface area (Å²) < 4.78 is 27.0. The largest absolute Gasteiger partial charge is 0.364 e. The Bertz CT molecular complexity index is 1070. The number of rotatable bonds is 5. The molecule has 1 atom stereocenters. The molecule has 0 amide bonds. The molecular formula is C21H23ClN4O2S. The van der Waals surface area contributed by atoms with Crippen molar-refractivity contribution >= 4 is 27.3 Å². The first-order chi connectivity index (χ1) is 13.9. The molecule has 2 heterocycles. The third-order valence-electron chi connectivity index (χ3n) is 5.19. The minimum atomic E-state index is -3.42. The molecule has 0 saturated carbocycles. The number of H-pyrrole nitrogens is 1. The first-order valence-corrected chi connectivity index (χ1v) is 11.6. The minimum Gasteiger partial charge on any atom is -0.364 e. The van der Waals surface area contributed by atoms with E-state index in [0.29, 0.717) is 31.1 Å². The van der Waals surface area contributed by atoms with E-state index in [-0.39, 0.29) is 6.04 Å². The Balaban J connectivity index is 1.75. The van der Waals surface area contributed by atoms with Gasteiger partial charge in [-0.3, -0.25) is 0 Å². The fourth-order valence-corrected chi connectivity index (χ4v) is 5.14. The Kier molecular flexibility index (Phi) is 5.63. The van der Waals surface area contributed by atoms with Gasteiger partial charge in [-0.25, -0.2) is 13.4 Å². The molecule has 29 heavy (non-hydrogen) atoms. The van der Waals surface area contributed by atoms with Crippen molar-refractivity contribution in [1.29, 1.82) is 0 Å². The van der Waals surface area contributed by atoms with Gasteiger partial charge in [-0.05, 0) is 35.7 Å². The molecule has 1 aliphatic rings. The third kappa shape index (κ3) is 4.63. The Morgan fingerprint density at radius 3 is 2.69 bits per heavy atom. The molecule has 3 aromatic rings. The maximum Gasteiger partial charge on any atom is 0.211 e. The normalized spacial score (nSPS) is 17.7. The van der Waals surface area contributed by atoms with Gasteiger partial charge < -0.3 is 9.88 Å². The molecule has 0 saturated heterocycles. The van der Waals surface area contributed by atoms with Crippen molar-refractivity contribution in [2.45, 2.75) is 25.6 Å². The van der Waals surface area contributed by atoms with Crippen LogP contribution in [0.5, 0.6) is 0 Å². The Hall–Kier alpha value is -2.35. The fraction of sp³-hybridized carbons (Fsp3) is 0.286. The molecule has 6 nitrogen and oxygen atoms in total. The summed E-state index contributed by atoms with van der Waals surface area (Å²) in [5, 5.41) is 0.596. The molecule has 0 aliphatic carbocycles. The second-order valence-electron chi connectivity index (χ2n) is 7.37. The lowest BCUT2D eigenvalue weighted by atomic mass is 10.1. The van der Waals surface area contributed by atoms with Crippen LogP contribution in [0.2, 0.25) is 5.02 Å². The van der Waals surface area contributed by atoms with E-state index < -0.39 is 10.0 Å². The van der Waals surface area contributed by atoms with Gasteiger partial charge in [0.2, 0.25) is 10.0 Å². The molecule has 1 N–H and O–H groups in total. The summed E-state index contributed by atoms with van der Waals surface area (Å²) >= 11 is 6.24. The molecule has 8 heteroatoms. The van der Waals surface area contributed by atoms with Gasteiger partial charge in [0.25, 0.3) is 0 Å². The quantitative estimate of drug-likeness (QED) is 0.673. The second-order valence-corrected chi connectivity index (χ2v) is 9.74. The number of halogens is 1. The van der Waals surface area contributed by atoms with E-state index in [1.807, 2.05) is 54.7 Å². The predicted molar refractivity (Wildman–Crippen MR) is 115 cm³/mol. The number of nitrogens with one attached hydrogen (secondary N) is 1. The number of imidazole rings is 1. The summed E-state index contributed by atoms with van der Waals surface area (Å²) in [5.41, 5.74) is 3.89. The summed E-state index contributed by atoms with van der Waals surface area (Å²) in [6, 6.07) is 15.5. The van der Waals surface area contributed by atoms with Crippen molar-refractivity contribution in [3.63, 3.8) is 0 Å². The lowest BCUT2D eigenvalue weighted by molar-refractivity contribution is 0.320. The number of nitrogens with zero attached hydrogens (tertiary/aromatic N) is 3. The lowest BCUT2D eigenvalue weighted by Crippen LogP contribution is -2.45. The zero-order chi connectivity index (χ0) is 20.4. The standard InChI is InChI=1S/C21H23ClN4O2S/c1-29(27,28)26-12-17-10-18(22)7-8-21(17)25(13-19-11-23-15-24-19)14-20(26)9-16-5-3-2-4-6-16/h2-8,10-11,15,20H,9,12-14H2,1H3,(H,23,24). The predicted octanol–water partition coefficient (Wildman–Crippen LogP) is 3.46. The molecule has 1 unspecified atom stereocenters. The molecule has 1 aromatic heterocycles. The van der Waals surface area contributed by atoms with Gasteiger partial charge in [-0.1, -0.05) is 41.9 Å². The maximum absolute atomic E-state index is 12.7. The molecule has 2 aromatic carbocycles. The van der Waals surface area contributed by atoms with Crippen LogP contribution in [0.1, 0.15) is 16.8 Å². The van der Waals surface area contributed by atoms with E-state index in [2.05, 4.69) is 14.9 Å². The number of aromatic nitrogens is 2. The zero-order valence-corrected chi connectivity index (χ0v) is 17.7. The van der Waals surface area contributed by atoms with Crippen LogP contribution in [-0.2, 0) is 29.5 Å². The summed E-state index contributed by atoms with van der Waals surface area (Å²) in [6.07, 6.45) is 5.42. The number of hydrogen-bond donors (Lipinski definition) is 1. The lowest BCUT2D eigenvalue weighted by Gasteiger charge is -2.31. The van der Waals surface area contributed by atoms with Gasteiger partial charge in [0.05, 0.1) is 24.8 Å². The van der Waals surface area contributed by atoms with Gasteiger partial charge in [0, 0.05) is 36.0 Å². The molecule has 4 rings (SSSR count). The van der Waals surface area contributed by atoms with Crippen LogP contribution in [0, 0.1) is 0 Å². The van der Waals surface area contributed by atoms with Gasteiger partial charge in [-0.2, -0.15) is 4.31 Å². The summed E-state index contributed by atoms with van der Waals surface area (Å²) in [6.45, 7) is 1.44. The van der Waals surface area contributed by atoms with Crippen molar-refractivity contribution in [2.24, 2.45) is 0 Å². The van der Waals surface area contributed by atoms with Crippen molar-refractivity contribution in [2.75, 3.05) is 17.7 Å². The number of fused-ring (bicyclic) bond motifs is 1. The van der Waals surface area contributed by atoms with Crippen LogP contribution in [0.3, 0.4) is 0 Å². The van der Waals surface area contributed by atoms with E-state index in [1.165, 1.54) is 6.26 Å². The van der Waals surface area contributed by atoms with Crippen LogP contribution in [-0.4, -0.2) is 41.5 Å². The Morgan fingerprint density at radius 2 is 2.00 bits per heavy atom. The summed E-state index contributed by atoms with van der Waals surface area (Å²) in [4.78, 5) is 9.54. The first-order valence-electron chi connectivity index (χ1n) is 9.42. The average Bonchev–Trinajstić information content (AvgIpc) is 3.13. The molecule has 0 radical (unpaired) electrons. The highest BCUT2D eigenvalue weighted by Crippen LogP contribution is 2.32. The van der Waals surface area contributed by atoms with Crippen molar-refractivity contribution in [3.8, 4) is 0 Å². The summed E-state index contributed by atoms with van der Waals surface area (Å²) in [5.74, 6) is 0. The molecule has 152 valence electrons. The number of aromatic amines is 1. The van der Waals surface area contributed by atoms with Gasteiger partial charge in [0.1, 0.15) is 0 Å². The number of benzene rings is 2. The monoisotopic (exact) mass is 430 g/mol.